The smallest absolute Gasteiger partial charge is 0.350 e. The molecule has 0 unspecified atom stereocenters. The van der Waals surface area contributed by atoms with Crippen LogP contribution in [0, 0.1) is 9.39 Å². The minimum atomic E-state index is -0.901. The Morgan fingerprint density at radius 2 is 1.44 bits per heavy atom. The summed E-state index contributed by atoms with van der Waals surface area (Å²) in [6.07, 6.45) is 0. The van der Waals surface area contributed by atoms with Crippen LogP contribution >= 0.6 is 22.6 Å². The summed E-state index contributed by atoms with van der Waals surface area (Å²) in [4.78, 5) is 12.5. The summed E-state index contributed by atoms with van der Waals surface area (Å²) in [5.74, 6) is -0.393. The fourth-order valence-electron chi connectivity index (χ4n) is 2.10. The van der Waals surface area contributed by atoms with Gasteiger partial charge in [-0.25, -0.2) is 9.18 Å². The average Bonchev–Trinajstić information content (AvgIpc) is 2.61. The van der Waals surface area contributed by atoms with Crippen LogP contribution in [0.2, 0.25) is 0 Å². The van der Waals surface area contributed by atoms with Crippen LogP contribution in [0.3, 0.4) is 0 Å². The van der Waals surface area contributed by atoms with Crippen LogP contribution in [0.15, 0.2) is 24.3 Å². The molecule has 0 amide bonds. The molecule has 0 atom stereocenters. The molecular weight excluding hydrogens is 446 g/mol. The van der Waals surface area contributed by atoms with Gasteiger partial charge in [-0.15, -0.1) is 0 Å². The van der Waals surface area contributed by atoms with E-state index < -0.39 is 11.8 Å². The van der Waals surface area contributed by atoms with E-state index in [1.807, 2.05) is 22.6 Å². The molecule has 0 aliphatic rings. The molecule has 6 nitrogen and oxygen atoms in total. The first kappa shape index (κ1) is 19.1. The number of hydrogen-bond donors (Lipinski definition) is 0. The van der Waals surface area contributed by atoms with Gasteiger partial charge in [-0.3, -0.25) is 0 Å². The lowest BCUT2D eigenvalue weighted by atomic mass is 10.1. The highest BCUT2D eigenvalue weighted by Gasteiger charge is 2.23. The lowest BCUT2D eigenvalue weighted by Gasteiger charge is -2.14. The predicted molar refractivity (Wildman–Crippen MR) is 96.7 cm³/mol. The molecular formula is C17H16FIO6. The van der Waals surface area contributed by atoms with Gasteiger partial charge in [0.1, 0.15) is 28.6 Å². The number of hydrogen-bond acceptors (Lipinski definition) is 6. The van der Waals surface area contributed by atoms with E-state index in [1.54, 1.807) is 6.07 Å². The van der Waals surface area contributed by atoms with Gasteiger partial charge in [-0.1, -0.05) is 0 Å². The fourth-order valence-corrected chi connectivity index (χ4v) is 2.65. The summed E-state index contributed by atoms with van der Waals surface area (Å²) in [7, 11) is 5.67. The van der Waals surface area contributed by atoms with Crippen LogP contribution in [0.25, 0.3) is 0 Å². The topological polar surface area (TPSA) is 63.2 Å². The molecule has 0 saturated carbocycles. The molecule has 25 heavy (non-hydrogen) atoms. The summed E-state index contributed by atoms with van der Waals surface area (Å²) in [5.41, 5.74) is -0.325. The molecule has 0 heterocycles. The van der Waals surface area contributed by atoms with Crippen molar-refractivity contribution in [1.29, 1.82) is 0 Å². The van der Waals surface area contributed by atoms with Crippen molar-refractivity contribution >= 4 is 28.6 Å². The molecule has 0 radical (unpaired) electrons. The summed E-state index contributed by atoms with van der Waals surface area (Å²) >= 11 is 1.98. The van der Waals surface area contributed by atoms with E-state index >= 15 is 0 Å². The molecule has 134 valence electrons. The molecule has 2 rings (SSSR count). The second-order valence-electron chi connectivity index (χ2n) is 4.71. The number of methoxy groups -OCH3 is 4. The van der Waals surface area contributed by atoms with Crippen molar-refractivity contribution in [3.05, 3.63) is 39.2 Å². The molecule has 0 aliphatic heterocycles. The van der Waals surface area contributed by atoms with Crippen molar-refractivity contribution in [2.24, 2.45) is 0 Å². The van der Waals surface area contributed by atoms with Gasteiger partial charge in [-0.2, -0.15) is 0 Å². The molecule has 8 heteroatoms. The number of ether oxygens (including phenoxy) is 5. The average molecular weight is 462 g/mol. The monoisotopic (exact) mass is 462 g/mol. The molecule has 0 aliphatic carbocycles. The van der Waals surface area contributed by atoms with Crippen molar-refractivity contribution in [3.8, 4) is 28.7 Å². The Hall–Kier alpha value is -2.23. The van der Waals surface area contributed by atoms with Gasteiger partial charge in [-0.05, 0) is 22.6 Å². The highest BCUT2D eigenvalue weighted by Crippen LogP contribution is 2.36. The van der Waals surface area contributed by atoms with E-state index in [9.17, 15) is 9.18 Å². The van der Waals surface area contributed by atoms with Crippen molar-refractivity contribution in [1.82, 2.24) is 0 Å². The van der Waals surface area contributed by atoms with Gasteiger partial charge >= 0.3 is 5.97 Å². The molecule has 2 aromatic rings. The van der Waals surface area contributed by atoms with Crippen molar-refractivity contribution in [2.45, 2.75) is 0 Å². The highest BCUT2D eigenvalue weighted by atomic mass is 127. The largest absolute Gasteiger partial charge is 0.497 e. The standard InChI is InChI=1S/C17H16FIO6/c1-21-9-5-10(18)16(15(6-9)24-4)17(20)25-12-8-14(23-3)13(22-2)7-11(12)19/h5-8H,1-4H3. The molecule has 0 N–H and O–H groups in total. The number of carbonyl (C=O) groups is 1. The third-order valence-electron chi connectivity index (χ3n) is 3.33. The second kappa shape index (κ2) is 8.24. The van der Waals surface area contributed by atoms with E-state index in [1.165, 1.54) is 40.6 Å². The van der Waals surface area contributed by atoms with Crippen LogP contribution in [0.4, 0.5) is 4.39 Å². The zero-order chi connectivity index (χ0) is 18.6. The molecule has 0 bridgehead atoms. The number of benzene rings is 2. The number of carbonyl (C=O) groups excluding carboxylic acids is 1. The van der Waals surface area contributed by atoms with Gasteiger partial charge in [0.15, 0.2) is 11.5 Å². The number of esters is 1. The second-order valence-corrected chi connectivity index (χ2v) is 5.88. The third kappa shape index (κ3) is 4.06. The summed E-state index contributed by atoms with van der Waals surface area (Å²) < 4.78 is 40.6. The van der Waals surface area contributed by atoms with Gasteiger partial charge in [0.05, 0.1) is 32.0 Å². The Morgan fingerprint density at radius 1 is 0.840 bits per heavy atom. The maximum Gasteiger partial charge on any atom is 0.350 e. The first-order valence-electron chi connectivity index (χ1n) is 7.00. The Bertz CT molecular complexity index is 793. The number of halogens is 2. The molecule has 0 saturated heterocycles. The van der Waals surface area contributed by atoms with Crippen LogP contribution in [-0.2, 0) is 0 Å². The normalized spacial score (nSPS) is 10.2. The Labute approximate surface area is 157 Å². The third-order valence-corrected chi connectivity index (χ3v) is 4.17. The maximum atomic E-state index is 14.3. The first-order valence-corrected chi connectivity index (χ1v) is 8.08. The Balaban J connectivity index is 2.41. The van der Waals surface area contributed by atoms with E-state index in [0.717, 1.165) is 6.07 Å². The summed E-state index contributed by atoms with van der Waals surface area (Å²) in [5, 5.41) is 0. The zero-order valence-electron chi connectivity index (χ0n) is 14.0. The van der Waals surface area contributed by atoms with Crippen LogP contribution in [-0.4, -0.2) is 34.4 Å². The minimum Gasteiger partial charge on any atom is -0.497 e. The quantitative estimate of drug-likeness (QED) is 0.371. The van der Waals surface area contributed by atoms with Crippen LogP contribution in [0.5, 0.6) is 28.7 Å². The number of rotatable bonds is 6. The lowest BCUT2D eigenvalue weighted by molar-refractivity contribution is 0.0724. The van der Waals surface area contributed by atoms with Crippen LogP contribution < -0.4 is 23.7 Å². The minimum absolute atomic E-state index is 0.0114. The first-order chi connectivity index (χ1) is 11.9. The van der Waals surface area contributed by atoms with Crippen molar-refractivity contribution < 1.29 is 32.9 Å². The zero-order valence-corrected chi connectivity index (χ0v) is 16.2. The maximum absolute atomic E-state index is 14.3. The summed E-state index contributed by atoms with van der Waals surface area (Å²) in [6.45, 7) is 0. The molecule has 0 aromatic heterocycles. The van der Waals surface area contributed by atoms with Crippen LogP contribution in [0.1, 0.15) is 10.4 Å². The van der Waals surface area contributed by atoms with Gasteiger partial charge in [0.2, 0.25) is 0 Å². The summed E-state index contributed by atoms with van der Waals surface area (Å²) in [6, 6.07) is 5.62. The van der Waals surface area contributed by atoms with Gasteiger partial charge in [0, 0.05) is 24.3 Å². The fraction of sp³-hybridized carbons (Fsp3) is 0.235. The predicted octanol–water partition coefficient (Wildman–Crippen LogP) is 3.68. The molecule has 0 fully saturated rings. The molecule has 0 spiro atoms. The van der Waals surface area contributed by atoms with E-state index in [4.69, 9.17) is 23.7 Å². The van der Waals surface area contributed by atoms with Gasteiger partial charge < -0.3 is 23.7 Å². The van der Waals surface area contributed by atoms with Crippen molar-refractivity contribution in [3.63, 3.8) is 0 Å². The Kier molecular flexibility index (Phi) is 6.29. The van der Waals surface area contributed by atoms with E-state index in [0.29, 0.717) is 15.1 Å². The van der Waals surface area contributed by atoms with Crippen molar-refractivity contribution in [2.75, 3.05) is 28.4 Å². The Morgan fingerprint density at radius 3 is 2.00 bits per heavy atom. The van der Waals surface area contributed by atoms with E-state index in [2.05, 4.69) is 0 Å². The highest BCUT2D eigenvalue weighted by molar-refractivity contribution is 14.1. The SMILES string of the molecule is COc1cc(F)c(C(=O)Oc2cc(OC)c(OC)cc2I)c(OC)c1. The molecule has 2 aromatic carbocycles. The van der Waals surface area contributed by atoms with Gasteiger partial charge in [0.25, 0.3) is 0 Å². The lowest BCUT2D eigenvalue weighted by Crippen LogP contribution is -2.13. The van der Waals surface area contributed by atoms with E-state index in [-0.39, 0.29) is 22.8 Å².